The Kier molecular flexibility index (Phi) is 8.36. The molecule has 1 rings (SSSR count). The van der Waals surface area contributed by atoms with Crippen molar-refractivity contribution in [1.82, 2.24) is 0 Å². The predicted molar refractivity (Wildman–Crippen MR) is 87.6 cm³/mol. The van der Waals surface area contributed by atoms with Gasteiger partial charge in [0.15, 0.2) is 0 Å². The molecule has 0 saturated heterocycles. The van der Waals surface area contributed by atoms with Crippen molar-refractivity contribution in [3.05, 3.63) is 29.3 Å². The number of aryl methyl sites for hydroxylation is 2. The van der Waals surface area contributed by atoms with Crippen molar-refractivity contribution in [2.75, 3.05) is 0 Å². The van der Waals surface area contributed by atoms with Crippen molar-refractivity contribution in [2.45, 2.75) is 65.2 Å². The zero-order valence-corrected chi connectivity index (χ0v) is 13.1. The van der Waals surface area contributed by atoms with Crippen molar-refractivity contribution >= 4 is 23.1 Å². The summed E-state index contributed by atoms with van der Waals surface area (Å²) in [6.45, 7) is 4.34. The minimum Gasteiger partial charge on any atom is -0.194 e. The lowest BCUT2D eigenvalue weighted by molar-refractivity contribution is 0.589. The molecule has 0 unspecified atom stereocenters. The lowest BCUT2D eigenvalue weighted by Gasteiger charge is -2.07. The van der Waals surface area contributed by atoms with Gasteiger partial charge in [-0.05, 0) is 43.1 Å². The maximum Gasteiger partial charge on any atom is 0.0800 e. The van der Waals surface area contributed by atoms with E-state index in [9.17, 15) is 0 Å². The van der Waals surface area contributed by atoms with E-state index < -0.39 is 0 Å². The summed E-state index contributed by atoms with van der Waals surface area (Å²) in [6, 6.07) is 6.35. The highest BCUT2D eigenvalue weighted by molar-refractivity contribution is 7.78. The van der Waals surface area contributed by atoms with E-state index in [1.54, 1.807) is 0 Å². The Morgan fingerprint density at radius 3 is 2.42 bits per heavy atom. The first-order valence-electron chi connectivity index (χ1n) is 7.46. The molecule has 0 radical (unpaired) electrons. The lowest BCUT2D eigenvalue weighted by Crippen LogP contribution is -1.89. The summed E-state index contributed by atoms with van der Waals surface area (Å²) in [4.78, 5) is 4.21. The number of nitrogens with zero attached hydrogens (tertiary/aromatic N) is 1. The first-order valence-corrected chi connectivity index (χ1v) is 7.86. The van der Waals surface area contributed by atoms with E-state index in [2.05, 4.69) is 42.2 Å². The van der Waals surface area contributed by atoms with E-state index >= 15 is 0 Å². The van der Waals surface area contributed by atoms with Crippen molar-refractivity contribution in [3.8, 4) is 0 Å². The second kappa shape index (κ2) is 9.89. The van der Waals surface area contributed by atoms with Crippen molar-refractivity contribution in [2.24, 2.45) is 4.99 Å². The third-order valence-electron chi connectivity index (χ3n) is 3.53. The van der Waals surface area contributed by atoms with Crippen LogP contribution < -0.4 is 0 Å². The molecule has 0 amide bonds. The van der Waals surface area contributed by atoms with Crippen molar-refractivity contribution in [3.63, 3.8) is 0 Å². The number of unbranched alkanes of at least 4 members (excludes halogenated alkanes) is 6. The third kappa shape index (κ3) is 6.13. The number of benzene rings is 1. The van der Waals surface area contributed by atoms with Gasteiger partial charge in [-0.2, -0.15) is 4.99 Å². The third-order valence-corrected chi connectivity index (χ3v) is 3.62. The number of para-hydroxylation sites is 1. The SMILES string of the molecule is CCCCCCCCCc1cccc(C)c1N=C=S. The van der Waals surface area contributed by atoms with E-state index in [1.165, 1.54) is 56.1 Å². The molecule has 0 aliphatic rings. The van der Waals surface area contributed by atoms with Crippen molar-refractivity contribution in [1.29, 1.82) is 0 Å². The monoisotopic (exact) mass is 275 g/mol. The highest BCUT2D eigenvalue weighted by Gasteiger charge is 2.03. The van der Waals surface area contributed by atoms with Crippen LogP contribution in [-0.4, -0.2) is 5.16 Å². The van der Waals surface area contributed by atoms with Crippen LogP contribution in [0.5, 0.6) is 0 Å². The number of hydrogen-bond acceptors (Lipinski definition) is 2. The maximum atomic E-state index is 4.73. The van der Waals surface area contributed by atoms with Crippen LogP contribution in [0.2, 0.25) is 0 Å². The average molecular weight is 275 g/mol. The summed E-state index contributed by atoms with van der Waals surface area (Å²) < 4.78 is 0. The molecular weight excluding hydrogens is 250 g/mol. The standard InChI is InChI=1S/C17H25NS/c1-3-4-5-6-7-8-9-12-16-13-10-11-15(2)17(16)18-14-19/h10-11,13H,3-9,12H2,1-2H3. The molecular formula is C17H25NS. The number of isothiocyanates is 1. The first kappa shape index (κ1) is 16.1. The maximum absolute atomic E-state index is 4.73. The molecule has 1 aromatic carbocycles. The van der Waals surface area contributed by atoms with E-state index in [1.807, 2.05) is 0 Å². The molecule has 0 N–H and O–H groups in total. The Bertz CT molecular complexity index is 419. The Balaban J connectivity index is 2.37. The Labute approximate surface area is 123 Å². The fourth-order valence-corrected chi connectivity index (χ4v) is 2.49. The summed E-state index contributed by atoms with van der Waals surface area (Å²) in [5.74, 6) is 0. The van der Waals surface area contributed by atoms with Gasteiger partial charge < -0.3 is 0 Å². The summed E-state index contributed by atoms with van der Waals surface area (Å²) in [5.41, 5.74) is 3.53. The van der Waals surface area contributed by atoms with Gasteiger partial charge in [0.1, 0.15) is 0 Å². The summed E-state index contributed by atoms with van der Waals surface area (Å²) in [5, 5.41) is 2.50. The second-order valence-electron chi connectivity index (χ2n) is 5.16. The number of hydrogen-bond donors (Lipinski definition) is 0. The minimum absolute atomic E-state index is 1.03. The zero-order valence-electron chi connectivity index (χ0n) is 12.2. The molecule has 0 spiro atoms. The van der Waals surface area contributed by atoms with Crippen LogP contribution in [0.25, 0.3) is 0 Å². The molecule has 0 saturated carbocycles. The van der Waals surface area contributed by atoms with E-state index in [-0.39, 0.29) is 0 Å². The van der Waals surface area contributed by atoms with Crippen LogP contribution in [0.15, 0.2) is 23.2 Å². The van der Waals surface area contributed by atoms with Gasteiger partial charge in [-0.25, -0.2) is 0 Å². The van der Waals surface area contributed by atoms with Crippen LogP contribution >= 0.6 is 12.2 Å². The second-order valence-corrected chi connectivity index (χ2v) is 5.34. The van der Waals surface area contributed by atoms with Crippen LogP contribution in [0.4, 0.5) is 5.69 Å². The highest BCUT2D eigenvalue weighted by Crippen LogP contribution is 2.25. The Morgan fingerprint density at radius 1 is 1.05 bits per heavy atom. The van der Waals surface area contributed by atoms with Gasteiger partial charge in [0.25, 0.3) is 0 Å². The van der Waals surface area contributed by atoms with Crippen LogP contribution in [0.1, 0.15) is 63.0 Å². The normalized spacial score (nSPS) is 10.2. The molecule has 19 heavy (non-hydrogen) atoms. The number of thiocarbonyl (C=S) groups is 1. The summed E-state index contributed by atoms with van der Waals surface area (Å²) >= 11 is 4.73. The molecule has 0 heterocycles. The molecule has 0 aliphatic heterocycles. The molecule has 0 aliphatic carbocycles. The molecule has 104 valence electrons. The van der Waals surface area contributed by atoms with Gasteiger partial charge in [-0.1, -0.05) is 63.6 Å². The fourth-order valence-electron chi connectivity index (χ4n) is 2.40. The Hall–Kier alpha value is -0.980. The molecule has 1 nitrogen and oxygen atoms in total. The molecule has 0 aromatic heterocycles. The quantitative estimate of drug-likeness (QED) is 0.305. The van der Waals surface area contributed by atoms with Gasteiger partial charge in [-0.15, -0.1) is 0 Å². The molecule has 1 aromatic rings. The van der Waals surface area contributed by atoms with Gasteiger partial charge in [0.2, 0.25) is 0 Å². The molecule has 0 bridgehead atoms. The largest absolute Gasteiger partial charge is 0.194 e. The van der Waals surface area contributed by atoms with E-state index in [4.69, 9.17) is 12.2 Å². The van der Waals surface area contributed by atoms with Crippen LogP contribution in [0, 0.1) is 6.92 Å². The van der Waals surface area contributed by atoms with Crippen LogP contribution in [0.3, 0.4) is 0 Å². The number of aliphatic imine (C=N–C) groups is 1. The van der Waals surface area contributed by atoms with Crippen molar-refractivity contribution < 1.29 is 0 Å². The first-order chi connectivity index (χ1) is 9.29. The Morgan fingerprint density at radius 2 is 1.74 bits per heavy atom. The van der Waals surface area contributed by atoms with Gasteiger partial charge >= 0.3 is 0 Å². The minimum atomic E-state index is 1.03. The molecule has 0 fully saturated rings. The topological polar surface area (TPSA) is 12.4 Å². The smallest absolute Gasteiger partial charge is 0.0800 e. The fraction of sp³-hybridized carbons (Fsp3) is 0.588. The summed E-state index contributed by atoms with van der Waals surface area (Å²) in [7, 11) is 0. The molecule has 2 heteroatoms. The molecule has 0 atom stereocenters. The number of rotatable bonds is 9. The summed E-state index contributed by atoms with van der Waals surface area (Å²) in [6.07, 6.45) is 10.5. The predicted octanol–water partition coefficient (Wildman–Crippen LogP) is 6.02. The lowest BCUT2D eigenvalue weighted by atomic mass is 10.0. The van der Waals surface area contributed by atoms with Crippen LogP contribution in [-0.2, 0) is 6.42 Å². The zero-order chi connectivity index (χ0) is 13.9. The highest BCUT2D eigenvalue weighted by atomic mass is 32.1. The average Bonchev–Trinajstić information content (AvgIpc) is 2.41. The van der Waals surface area contributed by atoms with E-state index in [0.29, 0.717) is 0 Å². The van der Waals surface area contributed by atoms with Gasteiger partial charge in [0, 0.05) is 0 Å². The van der Waals surface area contributed by atoms with Gasteiger partial charge in [-0.3, -0.25) is 0 Å². The van der Waals surface area contributed by atoms with Gasteiger partial charge in [0.05, 0.1) is 10.8 Å². The van der Waals surface area contributed by atoms with E-state index in [0.717, 1.165) is 12.1 Å².